The van der Waals surface area contributed by atoms with Gasteiger partial charge in [-0.1, -0.05) is 26.8 Å². The Morgan fingerprint density at radius 1 is 1.31 bits per heavy atom. The number of nitrogens with zero attached hydrogens (tertiary/aromatic N) is 1. The van der Waals surface area contributed by atoms with Gasteiger partial charge in [0.05, 0.1) is 0 Å². The summed E-state index contributed by atoms with van der Waals surface area (Å²) in [5.41, 5.74) is 3.09. The number of anilines is 1. The Bertz CT molecular complexity index is 1070. The van der Waals surface area contributed by atoms with Crippen LogP contribution in [0.1, 0.15) is 81.2 Å². The summed E-state index contributed by atoms with van der Waals surface area (Å²) >= 11 is 1.54. The summed E-state index contributed by atoms with van der Waals surface area (Å²) in [6.07, 6.45) is 9.20. The Kier molecular flexibility index (Phi) is 6.97. The van der Waals surface area contributed by atoms with Crippen molar-refractivity contribution in [3.63, 3.8) is 0 Å². The number of nitrogens with one attached hydrogen (secondary N) is 2. The van der Waals surface area contributed by atoms with E-state index in [-0.39, 0.29) is 11.3 Å². The Hall–Kier alpha value is -1.92. The molecule has 1 aromatic heterocycles. The van der Waals surface area contributed by atoms with Crippen LogP contribution in [0.4, 0.5) is 5.13 Å². The Balaban J connectivity index is 1.36. The Labute approximate surface area is 214 Å². The van der Waals surface area contributed by atoms with Crippen molar-refractivity contribution in [1.82, 2.24) is 10.3 Å². The van der Waals surface area contributed by atoms with E-state index in [1.807, 2.05) is 25.3 Å². The van der Waals surface area contributed by atoms with Gasteiger partial charge in [0.15, 0.2) is 5.13 Å². The van der Waals surface area contributed by atoms with Gasteiger partial charge >= 0.3 is 0 Å². The highest BCUT2D eigenvalue weighted by atomic mass is 32.1. The highest BCUT2D eigenvalue weighted by molar-refractivity contribution is 7.15. The second-order valence-electron chi connectivity index (χ2n) is 12.0. The van der Waals surface area contributed by atoms with Crippen molar-refractivity contribution in [3.05, 3.63) is 40.4 Å². The lowest BCUT2D eigenvalue weighted by molar-refractivity contribution is -0.116. The van der Waals surface area contributed by atoms with E-state index < -0.39 is 0 Å². The number of aryl methyl sites for hydroxylation is 2. The number of rotatable bonds is 7. The van der Waals surface area contributed by atoms with Crippen molar-refractivity contribution in [2.75, 3.05) is 11.9 Å². The van der Waals surface area contributed by atoms with Gasteiger partial charge in [0, 0.05) is 23.5 Å². The molecule has 1 amide bonds. The number of amides is 1. The van der Waals surface area contributed by atoms with E-state index in [1.165, 1.54) is 48.1 Å². The van der Waals surface area contributed by atoms with Gasteiger partial charge in [0.1, 0.15) is 5.75 Å². The minimum atomic E-state index is 0.0940. The lowest BCUT2D eigenvalue weighted by Gasteiger charge is -2.52. The molecule has 0 radical (unpaired) electrons. The fourth-order valence-corrected chi connectivity index (χ4v) is 8.44. The standard InChI is InChI=1S/C29H41N3O2S/c1-17(2)15-30-25-14-20(6-10-26(34)32-28-31-16-18(3)35-28)27-24-8-5-19-13-21(33)7-9-22(19)23(24)11-12-29(25,27)4/h7,9,13,16-17,20,23-25,27,30,33H,5-6,8,10-12,14-15H2,1-4H3,(H,31,32,34)/t20-,23?,24?,25+,27?,29-/m1/s1. The number of phenolic OH excluding ortho intramolecular Hbond substituents is 1. The molecule has 0 aliphatic heterocycles. The molecule has 1 heterocycles. The van der Waals surface area contributed by atoms with Crippen LogP contribution in [-0.2, 0) is 11.2 Å². The second kappa shape index (κ2) is 9.85. The monoisotopic (exact) mass is 495 g/mol. The van der Waals surface area contributed by atoms with Gasteiger partial charge in [-0.15, -0.1) is 11.3 Å². The first-order valence-corrected chi connectivity index (χ1v) is 14.3. The van der Waals surface area contributed by atoms with Gasteiger partial charge in [-0.25, -0.2) is 4.98 Å². The number of aromatic hydroxyl groups is 1. The van der Waals surface area contributed by atoms with Crippen LogP contribution in [0.5, 0.6) is 5.75 Å². The van der Waals surface area contributed by atoms with Gasteiger partial charge < -0.3 is 15.7 Å². The molecule has 3 N–H and O–H groups in total. The van der Waals surface area contributed by atoms with E-state index in [2.05, 4.69) is 42.5 Å². The van der Waals surface area contributed by atoms with Crippen molar-refractivity contribution in [2.24, 2.45) is 29.1 Å². The molecule has 6 heteroatoms. The molecule has 0 saturated heterocycles. The molecular weight excluding hydrogens is 454 g/mol. The first-order valence-electron chi connectivity index (χ1n) is 13.5. The third-order valence-corrected chi connectivity index (χ3v) is 10.1. The van der Waals surface area contributed by atoms with Gasteiger partial charge in [-0.05, 0) is 110 Å². The minimum Gasteiger partial charge on any atom is -0.508 e. The highest BCUT2D eigenvalue weighted by Gasteiger charge is 2.58. The van der Waals surface area contributed by atoms with Crippen LogP contribution in [0.25, 0.3) is 0 Å². The molecule has 190 valence electrons. The lowest BCUT2D eigenvalue weighted by Crippen LogP contribution is -2.49. The van der Waals surface area contributed by atoms with E-state index in [1.54, 1.807) is 0 Å². The maximum absolute atomic E-state index is 12.8. The Morgan fingerprint density at radius 3 is 2.89 bits per heavy atom. The molecule has 0 bridgehead atoms. The van der Waals surface area contributed by atoms with Gasteiger partial charge in [-0.3, -0.25) is 4.79 Å². The average molecular weight is 496 g/mol. The number of fused-ring (bicyclic) bond motifs is 5. The van der Waals surface area contributed by atoms with Crippen LogP contribution in [0, 0.1) is 36.0 Å². The maximum Gasteiger partial charge on any atom is 0.226 e. The molecule has 6 atom stereocenters. The van der Waals surface area contributed by atoms with Crippen molar-refractivity contribution in [1.29, 1.82) is 0 Å². The molecule has 3 aliphatic carbocycles. The first kappa shape index (κ1) is 24.8. The van der Waals surface area contributed by atoms with E-state index in [0.29, 0.717) is 52.9 Å². The summed E-state index contributed by atoms with van der Waals surface area (Å²) < 4.78 is 0. The third kappa shape index (κ3) is 4.89. The Morgan fingerprint density at radius 2 is 2.14 bits per heavy atom. The van der Waals surface area contributed by atoms with Gasteiger partial charge in [0.2, 0.25) is 5.91 Å². The molecule has 1 aromatic carbocycles. The van der Waals surface area contributed by atoms with E-state index in [4.69, 9.17) is 0 Å². The molecule has 2 fully saturated rings. The number of carbonyl (C=O) groups excluding carboxylic acids is 1. The van der Waals surface area contributed by atoms with Gasteiger partial charge in [0.25, 0.3) is 0 Å². The number of hydrogen-bond donors (Lipinski definition) is 3. The number of thiazole rings is 1. The van der Waals surface area contributed by atoms with Crippen LogP contribution in [0.15, 0.2) is 24.4 Å². The summed E-state index contributed by atoms with van der Waals surface area (Å²) in [5.74, 6) is 3.54. The third-order valence-electron chi connectivity index (χ3n) is 9.23. The van der Waals surface area contributed by atoms with Crippen LogP contribution in [0.3, 0.4) is 0 Å². The SMILES string of the molecule is Cc1cnc(NC(=O)CC[C@@H]2C[C@H](NCC(C)C)[C@@]3(C)CCC4c5ccc(O)cc5CCC4C23)s1. The number of benzene rings is 1. The number of carbonyl (C=O) groups is 1. The first-order chi connectivity index (χ1) is 16.7. The van der Waals surface area contributed by atoms with Crippen LogP contribution in [0.2, 0.25) is 0 Å². The molecule has 2 saturated carbocycles. The fourth-order valence-electron chi connectivity index (χ4n) is 7.76. The summed E-state index contributed by atoms with van der Waals surface area (Å²) in [5, 5.41) is 17.7. The molecule has 3 aliphatic rings. The highest BCUT2D eigenvalue weighted by Crippen LogP contribution is 2.63. The average Bonchev–Trinajstić information content (AvgIpc) is 3.35. The molecule has 35 heavy (non-hydrogen) atoms. The van der Waals surface area contributed by atoms with Crippen molar-refractivity contribution in [3.8, 4) is 5.75 Å². The largest absolute Gasteiger partial charge is 0.508 e. The van der Waals surface area contributed by atoms with Crippen LogP contribution in [-0.4, -0.2) is 28.6 Å². The quantitative estimate of drug-likeness (QED) is 0.423. The summed E-state index contributed by atoms with van der Waals surface area (Å²) in [4.78, 5) is 18.2. The topological polar surface area (TPSA) is 74.2 Å². The summed E-state index contributed by atoms with van der Waals surface area (Å²) in [6, 6.07) is 6.57. The van der Waals surface area contributed by atoms with E-state index in [0.717, 1.165) is 24.3 Å². The van der Waals surface area contributed by atoms with Gasteiger partial charge in [-0.2, -0.15) is 0 Å². The van der Waals surface area contributed by atoms with Crippen LogP contribution >= 0.6 is 11.3 Å². The summed E-state index contributed by atoms with van der Waals surface area (Å²) in [6.45, 7) is 10.2. The minimum absolute atomic E-state index is 0.0940. The molecule has 5 rings (SSSR count). The smallest absolute Gasteiger partial charge is 0.226 e. The number of hydrogen-bond acceptors (Lipinski definition) is 5. The number of phenols is 1. The molecule has 3 unspecified atom stereocenters. The zero-order valence-electron chi connectivity index (χ0n) is 21.6. The molecular formula is C29H41N3O2S. The molecule has 5 nitrogen and oxygen atoms in total. The van der Waals surface area contributed by atoms with E-state index >= 15 is 0 Å². The fraction of sp³-hybridized carbons (Fsp3) is 0.655. The molecule has 0 spiro atoms. The van der Waals surface area contributed by atoms with Crippen molar-refractivity contribution >= 4 is 22.4 Å². The predicted octanol–water partition coefficient (Wildman–Crippen LogP) is 6.27. The number of aromatic nitrogens is 1. The lowest BCUT2D eigenvalue weighted by atomic mass is 9.53. The zero-order valence-corrected chi connectivity index (χ0v) is 22.5. The predicted molar refractivity (Wildman–Crippen MR) is 143 cm³/mol. The van der Waals surface area contributed by atoms with Crippen LogP contribution < -0.4 is 10.6 Å². The van der Waals surface area contributed by atoms with E-state index in [9.17, 15) is 9.90 Å². The normalized spacial score (nSPS) is 31.6. The second-order valence-corrected chi connectivity index (χ2v) is 13.2. The maximum atomic E-state index is 12.8. The molecule has 2 aromatic rings. The zero-order chi connectivity index (χ0) is 24.7. The summed E-state index contributed by atoms with van der Waals surface area (Å²) in [7, 11) is 0. The van der Waals surface area contributed by atoms with Crippen molar-refractivity contribution in [2.45, 2.75) is 84.6 Å². The van der Waals surface area contributed by atoms with Crippen molar-refractivity contribution < 1.29 is 9.90 Å².